The molecule has 1 amide bonds. The summed E-state index contributed by atoms with van der Waals surface area (Å²) in [4.78, 5) is 31.9. The molecule has 1 aromatic carbocycles. The summed E-state index contributed by atoms with van der Waals surface area (Å²) in [7, 11) is -3.56. The Hall–Kier alpha value is -2.21. The van der Waals surface area contributed by atoms with Crippen LogP contribution in [0.25, 0.3) is 0 Å². The maximum absolute atomic E-state index is 13.3. The standard InChI is InChI=1S/C28H28Br2ClN3O5S/c1-40(38,39)34-10-6-28(7-11-34,27(36)37)15-25(35)33-8-4-17(5-9-33)26-20-3-2-18-12-19(31)13-22(29)21(18)14-24(20)32-16-23(26)30/h6-7,10-13,16-17H,2-5,8-9,14-15H2,1H3,(H,36,37). The number of aliphatic carboxylic acids is 1. The molecule has 12 heteroatoms. The second kappa shape index (κ2) is 11.2. The second-order valence-electron chi connectivity index (χ2n) is 10.5. The molecule has 5 rings (SSSR count). The molecular weight excluding hydrogens is 686 g/mol. The van der Waals surface area contributed by atoms with E-state index >= 15 is 0 Å². The number of halogens is 3. The van der Waals surface area contributed by atoms with E-state index < -0.39 is 21.4 Å². The highest BCUT2D eigenvalue weighted by Crippen LogP contribution is 2.40. The number of rotatable bonds is 5. The highest BCUT2D eigenvalue weighted by Gasteiger charge is 2.40. The normalized spacial score (nSPS) is 18.7. The number of aromatic nitrogens is 1. The quantitative estimate of drug-likeness (QED) is 0.444. The largest absolute Gasteiger partial charge is 0.480 e. The Morgan fingerprint density at radius 2 is 1.77 bits per heavy atom. The zero-order valence-electron chi connectivity index (χ0n) is 21.7. The molecule has 1 saturated heterocycles. The molecule has 1 aromatic heterocycles. The van der Waals surface area contributed by atoms with Crippen LogP contribution >= 0.6 is 43.5 Å². The summed E-state index contributed by atoms with van der Waals surface area (Å²) in [5.74, 6) is -1.24. The number of pyridine rings is 1. The average molecular weight is 714 g/mol. The molecule has 2 aromatic rings. The zero-order chi connectivity index (χ0) is 28.8. The highest BCUT2D eigenvalue weighted by atomic mass is 79.9. The fourth-order valence-corrected chi connectivity index (χ4v) is 8.06. The minimum absolute atomic E-state index is 0.231. The van der Waals surface area contributed by atoms with Gasteiger partial charge < -0.3 is 10.0 Å². The maximum Gasteiger partial charge on any atom is 0.318 e. The molecule has 1 fully saturated rings. The van der Waals surface area contributed by atoms with Gasteiger partial charge in [0.15, 0.2) is 0 Å². The minimum Gasteiger partial charge on any atom is -0.480 e. The minimum atomic E-state index is -3.56. The molecule has 1 aliphatic carbocycles. The van der Waals surface area contributed by atoms with Crippen LogP contribution in [0.4, 0.5) is 0 Å². The molecule has 3 aliphatic rings. The lowest BCUT2D eigenvalue weighted by molar-refractivity contribution is -0.148. The summed E-state index contributed by atoms with van der Waals surface area (Å²) >= 11 is 13.7. The number of benzene rings is 1. The smallest absolute Gasteiger partial charge is 0.318 e. The van der Waals surface area contributed by atoms with E-state index in [1.54, 1.807) is 4.90 Å². The van der Waals surface area contributed by atoms with Crippen molar-refractivity contribution in [2.75, 3.05) is 19.3 Å². The van der Waals surface area contributed by atoms with Crippen molar-refractivity contribution >= 4 is 65.4 Å². The van der Waals surface area contributed by atoms with Gasteiger partial charge in [0.2, 0.25) is 15.9 Å². The second-order valence-corrected chi connectivity index (χ2v) is 14.6. The summed E-state index contributed by atoms with van der Waals surface area (Å²) < 4.78 is 26.5. The lowest BCUT2D eigenvalue weighted by Crippen LogP contribution is -2.42. The van der Waals surface area contributed by atoms with Crippen LogP contribution in [0.5, 0.6) is 0 Å². The Balaban J connectivity index is 1.30. The van der Waals surface area contributed by atoms with Gasteiger partial charge in [-0.05, 0) is 94.1 Å². The first-order chi connectivity index (χ1) is 18.9. The predicted octanol–water partition coefficient (Wildman–Crippen LogP) is 5.42. The van der Waals surface area contributed by atoms with E-state index in [-0.39, 0.29) is 18.2 Å². The summed E-state index contributed by atoms with van der Waals surface area (Å²) in [6.07, 6.45) is 11.5. The molecule has 212 valence electrons. The van der Waals surface area contributed by atoms with Gasteiger partial charge in [-0.2, -0.15) is 0 Å². The van der Waals surface area contributed by atoms with Gasteiger partial charge in [-0.25, -0.2) is 8.42 Å². The summed E-state index contributed by atoms with van der Waals surface area (Å²) in [6.45, 7) is 1.01. The SMILES string of the molecule is CS(=O)(=O)N1C=CC(CC(=O)N2CCC(c3c(Br)cnc4c3CCc3cc(Cl)cc(Br)c3C4)CC2)(C(=O)O)C=C1. The van der Waals surface area contributed by atoms with Crippen molar-refractivity contribution in [1.82, 2.24) is 14.2 Å². The van der Waals surface area contributed by atoms with Crippen molar-refractivity contribution in [1.29, 1.82) is 0 Å². The van der Waals surface area contributed by atoms with Crippen LogP contribution in [0.15, 0.2) is 51.8 Å². The van der Waals surface area contributed by atoms with Gasteiger partial charge in [0.05, 0.1) is 12.7 Å². The first kappa shape index (κ1) is 29.3. The number of hydrogen-bond acceptors (Lipinski definition) is 5. The number of amides is 1. The molecule has 0 spiro atoms. The molecule has 0 saturated carbocycles. The van der Waals surface area contributed by atoms with Gasteiger partial charge >= 0.3 is 5.97 Å². The van der Waals surface area contributed by atoms with Crippen molar-refractivity contribution in [3.63, 3.8) is 0 Å². The molecule has 40 heavy (non-hydrogen) atoms. The van der Waals surface area contributed by atoms with Crippen molar-refractivity contribution in [3.05, 3.63) is 84.8 Å². The number of nitrogens with zero attached hydrogens (tertiary/aromatic N) is 3. The fraction of sp³-hybridized carbons (Fsp3) is 0.393. The first-order valence-electron chi connectivity index (χ1n) is 12.9. The summed E-state index contributed by atoms with van der Waals surface area (Å²) in [5, 5.41) is 10.6. The molecule has 2 aliphatic heterocycles. The van der Waals surface area contributed by atoms with E-state index in [4.69, 9.17) is 16.6 Å². The third-order valence-electron chi connectivity index (χ3n) is 8.02. The summed E-state index contributed by atoms with van der Waals surface area (Å²) in [5.41, 5.74) is 4.39. The number of carbonyl (C=O) groups excluding carboxylic acids is 1. The van der Waals surface area contributed by atoms with Crippen LogP contribution in [-0.2, 0) is 38.9 Å². The Bertz CT molecular complexity index is 1540. The topological polar surface area (TPSA) is 108 Å². The first-order valence-corrected chi connectivity index (χ1v) is 16.7. The van der Waals surface area contributed by atoms with Gasteiger partial charge in [0.1, 0.15) is 5.41 Å². The van der Waals surface area contributed by atoms with E-state index in [1.807, 2.05) is 18.3 Å². The monoisotopic (exact) mass is 711 g/mol. The van der Waals surface area contributed by atoms with Crippen LogP contribution in [0.2, 0.25) is 5.02 Å². The van der Waals surface area contributed by atoms with Gasteiger partial charge in [-0.1, -0.05) is 27.5 Å². The molecule has 0 unspecified atom stereocenters. The average Bonchev–Trinajstić information content (AvgIpc) is 3.08. The third kappa shape index (κ3) is 5.75. The lowest BCUT2D eigenvalue weighted by Gasteiger charge is -2.36. The van der Waals surface area contributed by atoms with Gasteiger partial charge in [-0.3, -0.25) is 18.9 Å². The van der Waals surface area contributed by atoms with Gasteiger partial charge in [0.25, 0.3) is 0 Å². The van der Waals surface area contributed by atoms with Crippen LogP contribution in [0, 0.1) is 5.41 Å². The Labute approximate surface area is 255 Å². The number of carboxylic acids is 1. The van der Waals surface area contributed by atoms with E-state index in [1.165, 1.54) is 46.8 Å². The zero-order valence-corrected chi connectivity index (χ0v) is 26.5. The van der Waals surface area contributed by atoms with Crippen molar-refractivity contribution in [2.24, 2.45) is 5.41 Å². The van der Waals surface area contributed by atoms with Crippen LogP contribution in [0.3, 0.4) is 0 Å². The number of carbonyl (C=O) groups is 2. The number of carboxylic acid groups (broad SMARTS) is 1. The number of piperidine rings is 1. The number of fused-ring (bicyclic) bond motifs is 2. The molecule has 8 nitrogen and oxygen atoms in total. The van der Waals surface area contributed by atoms with Crippen LogP contribution in [0.1, 0.15) is 53.1 Å². The van der Waals surface area contributed by atoms with E-state index in [2.05, 4.69) is 31.9 Å². The predicted molar refractivity (Wildman–Crippen MR) is 160 cm³/mol. The van der Waals surface area contributed by atoms with Crippen molar-refractivity contribution in [3.8, 4) is 0 Å². The number of likely N-dealkylation sites (tertiary alicyclic amines) is 1. The summed E-state index contributed by atoms with van der Waals surface area (Å²) in [6, 6.07) is 3.96. The molecular formula is C28H28Br2ClN3O5S. The number of aryl methyl sites for hydroxylation is 1. The molecule has 0 bridgehead atoms. The van der Waals surface area contributed by atoms with Gasteiger partial charge in [-0.15, -0.1) is 0 Å². The molecule has 1 N–H and O–H groups in total. The maximum atomic E-state index is 13.3. The molecule has 3 heterocycles. The van der Waals surface area contributed by atoms with Crippen molar-refractivity contribution < 1.29 is 23.1 Å². The van der Waals surface area contributed by atoms with E-state index in [0.717, 1.165) is 57.3 Å². The highest BCUT2D eigenvalue weighted by molar-refractivity contribution is 9.10. The van der Waals surface area contributed by atoms with E-state index in [9.17, 15) is 23.1 Å². The Kier molecular flexibility index (Phi) is 8.22. The van der Waals surface area contributed by atoms with Crippen LogP contribution in [-0.4, -0.2) is 58.9 Å². The third-order valence-corrected chi connectivity index (χ3v) is 10.6. The fourth-order valence-electron chi connectivity index (χ4n) is 5.81. The van der Waals surface area contributed by atoms with Gasteiger partial charge in [0, 0.05) is 57.8 Å². The van der Waals surface area contributed by atoms with Crippen LogP contribution < -0.4 is 0 Å². The van der Waals surface area contributed by atoms with E-state index in [0.29, 0.717) is 18.1 Å². The number of sulfonamides is 1. The number of hydrogen-bond donors (Lipinski definition) is 1. The lowest BCUT2D eigenvalue weighted by atomic mass is 9.81. The molecule has 0 radical (unpaired) electrons. The molecule has 0 atom stereocenters. The van der Waals surface area contributed by atoms with Crippen molar-refractivity contribution in [2.45, 2.75) is 44.4 Å². The Morgan fingerprint density at radius 3 is 2.40 bits per heavy atom. The Morgan fingerprint density at radius 1 is 1.10 bits per heavy atom.